The lowest BCUT2D eigenvalue weighted by Gasteiger charge is -2.26. The molecule has 1 aromatic carbocycles. The number of hydrogen-bond acceptors (Lipinski definition) is 3. The van der Waals surface area contributed by atoms with Gasteiger partial charge in [0.1, 0.15) is 0 Å². The highest BCUT2D eigenvalue weighted by atomic mass is 32.2. The molecule has 118 valence electrons. The van der Waals surface area contributed by atoms with E-state index in [1.165, 1.54) is 0 Å². The Morgan fingerprint density at radius 3 is 2.43 bits per heavy atom. The molecule has 0 heterocycles. The Hall–Kier alpha value is -1.56. The fourth-order valence-electron chi connectivity index (χ4n) is 2.17. The van der Waals surface area contributed by atoms with Gasteiger partial charge < -0.3 is 4.90 Å². The molecule has 0 radical (unpaired) electrons. The van der Waals surface area contributed by atoms with Crippen molar-refractivity contribution in [2.24, 2.45) is 5.92 Å². The smallest absolute Gasteiger partial charge is 0.253 e. The van der Waals surface area contributed by atoms with E-state index >= 15 is 0 Å². The fraction of sp³-hybridized carbons (Fsp3) is 0.533. The third kappa shape index (κ3) is 5.75. The molecule has 1 amide bonds. The first-order valence-electron chi connectivity index (χ1n) is 6.95. The van der Waals surface area contributed by atoms with Crippen LogP contribution < -0.4 is 4.72 Å². The van der Waals surface area contributed by atoms with Crippen molar-refractivity contribution in [1.29, 1.82) is 0 Å². The van der Waals surface area contributed by atoms with Crippen LogP contribution in [0.1, 0.15) is 37.6 Å². The molecule has 0 aliphatic carbocycles. The summed E-state index contributed by atoms with van der Waals surface area (Å²) in [5.74, 6) is 0.397. The molecule has 0 saturated carbocycles. The zero-order valence-corrected chi connectivity index (χ0v) is 14.1. The Morgan fingerprint density at radius 2 is 1.90 bits per heavy atom. The number of rotatable bonds is 6. The van der Waals surface area contributed by atoms with Crippen LogP contribution in [0.4, 0.5) is 5.69 Å². The van der Waals surface area contributed by atoms with Crippen molar-refractivity contribution in [3.8, 4) is 0 Å². The fourth-order valence-corrected chi connectivity index (χ4v) is 2.73. The molecule has 1 N–H and O–H groups in total. The maximum absolute atomic E-state index is 12.4. The number of amides is 1. The minimum atomic E-state index is -3.35. The Kier molecular flexibility index (Phi) is 5.78. The van der Waals surface area contributed by atoms with Crippen molar-refractivity contribution in [2.75, 3.05) is 18.0 Å². The van der Waals surface area contributed by atoms with Gasteiger partial charge in [-0.25, -0.2) is 8.42 Å². The number of carbonyl (C=O) groups is 1. The van der Waals surface area contributed by atoms with E-state index in [-0.39, 0.29) is 11.9 Å². The van der Waals surface area contributed by atoms with E-state index in [0.29, 0.717) is 17.2 Å². The Labute approximate surface area is 127 Å². The van der Waals surface area contributed by atoms with Gasteiger partial charge in [-0.1, -0.05) is 19.9 Å². The standard InChI is InChI=1S/C15H24N2O3S/c1-11(2)9-12(3)17(4)15(18)13-7-6-8-14(10-13)16-21(5,19)20/h6-8,10-12,16H,9H2,1-5H3. The highest BCUT2D eigenvalue weighted by molar-refractivity contribution is 7.92. The minimum Gasteiger partial charge on any atom is -0.339 e. The molecule has 1 rings (SSSR count). The topological polar surface area (TPSA) is 66.5 Å². The van der Waals surface area contributed by atoms with Crippen molar-refractivity contribution in [1.82, 2.24) is 4.90 Å². The maximum atomic E-state index is 12.4. The normalized spacial score (nSPS) is 13.0. The summed E-state index contributed by atoms with van der Waals surface area (Å²) in [6.07, 6.45) is 2.00. The molecule has 0 saturated heterocycles. The quantitative estimate of drug-likeness (QED) is 0.878. The van der Waals surface area contributed by atoms with Crippen LogP contribution in [0.25, 0.3) is 0 Å². The van der Waals surface area contributed by atoms with Crippen LogP contribution in [0.2, 0.25) is 0 Å². The molecule has 0 bridgehead atoms. The second-order valence-electron chi connectivity index (χ2n) is 5.85. The summed E-state index contributed by atoms with van der Waals surface area (Å²) >= 11 is 0. The van der Waals surface area contributed by atoms with E-state index in [0.717, 1.165) is 12.7 Å². The van der Waals surface area contributed by atoms with Gasteiger partial charge in [-0.15, -0.1) is 0 Å². The third-order valence-corrected chi connectivity index (χ3v) is 3.81. The summed E-state index contributed by atoms with van der Waals surface area (Å²) in [6, 6.07) is 6.66. The summed E-state index contributed by atoms with van der Waals surface area (Å²) in [6.45, 7) is 6.24. The van der Waals surface area contributed by atoms with Crippen LogP contribution in [-0.2, 0) is 10.0 Å². The molecule has 1 atom stereocenters. The number of carbonyl (C=O) groups excluding carboxylic acids is 1. The molecule has 0 aliphatic heterocycles. The van der Waals surface area contributed by atoms with Crippen molar-refractivity contribution in [3.05, 3.63) is 29.8 Å². The lowest BCUT2D eigenvalue weighted by molar-refractivity contribution is 0.0728. The maximum Gasteiger partial charge on any atom is 0.253 e. The van der Waals surface area contributed by atoms with Crippen LogP contribution in [0, 0.1) is 5.92 Å². The van der Waals surface area contributed by atoms with Crippen molar-refractivity contribution < 1.29 is 13.2 Å². The Bertz CT molecular complexity index is 597. The van der Waals surface area contributed by atoms with Crippen LogP contribution in [0.5, 0.6) is 0 Å². The molecule has 1 unspecified atom stereocenters. The van der Waals surface area contributed by atoms with Gasteiger partial charge in [0.2, 0.25) is 10.0 Å². The SMILES string of the molecule is CC(C)CC(C)N(C)C(=O)c1cccc(NS(C)(=O)=O)c1. The second-order valence-corrected chi connectivity index (χ2v) is 7.60. The van der Waals surface area contributed by atoms with E-state index in [4.69, 9.17) is 0 Å². The highest BCUT2D eigenvalue weighted by Crippen LogP contribution is 2.16. The summed E-state index contributed by atoms with van der Waals surface area (Å²) in [7, 11) is -1.58. The van der Waals surface area contributed by atoms with Gasteiger partial charge in [-0.3, -0.25) is 9.52 Å². The summed E-state index contributed by atoms with van der Waals surface area (Å²) in [5, 5.41) is 0. The molecule has 1 aromatic rings. The predicted octanol–water partition coefficient (Wildman–Crippen LogP) is 2.56. The average Bonchev–Trinajstić information content (AvgIpc) is 2.34. The van der Waals surface area contributed by atoms with Gasteiger partial charge >= 0.3 is 0 Å². The number of nitrogens with zero attached hydrogens (tertiary/aromatic N) is 1. The lowest BCUT2D eigenvalue weighted by atomic mass is 10.0. The molecule has 6 heteroatoms. The molecule has 0 aromatic heterocycles. The van der Waals surface area contributed by atoms with Crippen LogP contribution in [-0.4, -0.2) is 38.6 Å². The minimum absolute atomic E-state index is 0.111. The van der Waals surface area contributed by atoms with Gasteiger partial charge in [-0.2, -0.15) is 0 Å². The van der Waals surface area contributed by atoms with E-state index in [9.17, 15) is 13.2 Å². The van der Waals surface area contributed by atoms with Gasteiger partial charge in [0.15, 0.2) is 0 Å². The van der Waals surface area contributed by atoms with Gasteiger partial charge in [0, 0.05) is 24.3 Å². The molecular formula is C15H24N2O3S. The molecule has 0 fully saturated rings. The first-order chi connectivity index (χ1) is 9.60. The number of hydrogen-bond donors (Lipinski definition) is 1. The van der Waals surface area contributed by atoms with Crippen LogP contribution in [0.15, 0.2) is 24.3 Å². The van der Waals surface area contributed by atoms with E-state index in [1.54, 1.807) is 36.2 Å². The molecular weight excluding hydrogens is 288 g/mol. The number of nitrogens with one attached hydrogen (secondary N) is 1. The van der Waals surface area contributed by atoms with E-state index in [1.807, 2.05) is 6.92 Å². The first kappa shape index (κ1) is 17.5. The van der Waals surface area contributed by atoms with Crippen molar-refractivity contribution in [2.45, 2.75) is 33.2 Å². The third-order valence-electron chi connectivity index (χ3n) is 3.21. The number of anilines is 1. The molecule has 0 aliphatic rings. The average molecular weight is 312 g/mol. The van der Waals surface area contributed by atoms with Gasteiger partial charge in [-0.05, 0) is 37.5 Å². The monoisotopic (exact) mass is 312 g/mol. The largest absolute Gasteiger partial charge is 0.339 e. The Balaban J connectivity index is 2.90. The first-order valence-corrected chi connectivity index (χ1v) is 8.84. The van der Waals surface area contributed by atoms with E-state index in [2.05, 4.69) is 18.6 Å². The molecule has 21 heavy (non-hydrogen) atoms. The van der Waals surface area contributed by atoms with Gasteiger partial charge in [0.25, 0.3) is 5.91 Å². The molecule has 5 nitrogen and oxygen atoms in total. The molecule has 0 spiro atoms. The summed E-state index contributed by atoms with van der Waals surface area (Å²) < 4.78 is 24.9. The predicted molar refractivity (Wildman–Crippen MR) is 85.9 cm³/mol. The van der Waals surface area contributed by atoms with Crippen LogP contribution >= 0.6 is 0 Å². The van der Waals surface area contributed by atoms with Gasteiger partial charge in [0.05, 0.1) is 6.26 Å². The zero-order chi connectivity index (χ0) is 16.2. The summed E-state index contributed by atoms with van der Waals surface area (Å²) in [5.41, 5.74) is 0.870. The van der Waals surface area contributed by atoms with Crippen molar-refractivity contribution >= 4 is 21.6 Å². The second kappa shape index (κ2) is 6.93. The highest BCUT2D eigenvalue weighted by Gasteiger charge is 2.18. The van der Waals surface area contributed by atoms with Crippen molar-refractivity contribution in [3.63, 3.8) is 0 Å². The van der Waals surface area contributed by atoms with E-state index < -0.39 is 10.0 Å². The van der Waals surface area contributed by atoms with Crippen LogP contribution in [0.3, 0.4) is 0 Å². The lowest BCUT2D eigenvalue weighted by Crippen LogP contribution is -2.35. The number of benzene rings is 1. The zero-order valence-electron chi connectivity index (χ0n) is 13.3. The number of sulfonamides is 1. The Morgan fingerprint density at radius 1 is 1.29 bits per heavy atom. The summed E-state index contributed by atoms with van der Waals surface area (Å²) in [4.78, 5) is 14.1.